The van der Waals surface area contributed by atoms with Gasteiger partial charge in [0, 0.05) is 26.2 Å². The van der Waals surface area contributed by atoms with Crippen LogP contribution in [0.15, 0.2) is 84.9 Å². The first-order chi connectivity index (χ1) is 14.7. The monoisotopic (exact) mass is 397 g/mol. The zero-order chi connectivity index (χ0) is 20.8. The fraction of sp³-hybridized carbons (Fsp3) is 0.200. The summed E-state index contributed by atoms with van der Waals surface area (Å²) >= 11 is 0. The van der Waals surface area contributed by atoms with Crippen molar-refractivity contribution >= 4 is 6.09 Å². The minimum Gasteiger partial charge on any atom is -0.410 e. The Morgan fingerprint density at radius 1 is 0.833 bits per heavy atom. The summed E-state index contributed by atoms with van der Waals surface area (Å²) in [5, 5.41) is 9.01. The molecular formula is C25H23N3O2. The van der Waals surface area contributed by atoms with Crippen molar-refractivity contribution in [3.63, 3.8) is 0 Å². The Bertz CT molecular complexity index is 984. The zero-order valence-electron chi connectivity index (χ0n) is 16.6. The van der Waals surface area contributed by atoms with Gasteiger partial charge in [-0.1, -0.05) is 66.7 Å². The van der Waals surface area contributed by atoms with Gasteiger partial charge in [-0.05, 0) is 29.3 Å². The van der Waals surface area contributed by atoms with Crippen molar-refractivity contribution in [1.29, 1.82) is 5.26 Å². The van der Waals surface area contributed by atoms with Crippen molar-refractivity contribution < 1.29 is 9.53 Å². The highest BCUT2D eigenvalue weighted by molar-refractivity contribution is 5.71. The van der Waals surface area contributed by atoms with Gasteiger partial charge in [-0.15, -0.1) is 0 Å². The van der Waals surface area contributed by atoms with Crippen molar-refractivity contribution in [2.45, 2.75) is 6.04 Å². The Morgan fingerprint density at radius 2 is 1.43 bits per heavy atom. The molecule has 0 spiro atoms. The fourth-order valence-corrected chi connectivity index (χ4v) is 3.84. The SMILES string of the molecule is N#Cc1cccc(OC(=O)N2CCN(C(c3ccccc3)c3ccccc3)CC2)c1. The molecule has 5 heteroatoms. The number of benzene rings is 3. The van der Waals surface area contributed by atoms with Gasteiger partial charge in [0.05, 0.1) is 17.7 Å². The number of nitrogens with zero attached hydrogens (tertiary/aromatic N) is 3. The lowest BCUT2D eigenvalue weighted by Gasteiger charge is -2.39. The largest absolute Gasteiger partial charge is 0.415 e. The van der Waals surface area contributed by atoms with E-state index in [1.165, 1.54) is 11.1 Å². The van der Waals surface area contributed by atoms with Crippen LogP contribution in [0.3, 0.4) is 0 Å². The van der Waals surface area contributed by atoms with Gasteiger partial charge in [0.15, 0.2) is 0 Å². The van der Waals surface area contributed by atoms with Gasteiger partial charge in [-0.3, -0.25) is 4.90 Å². The van der Waals surface area contributed by atoms with E-state index in [-0.39, 0.29) is 12.1 Å². The van der Waals surface area contributed by atoms with E-state index in [1.54, 1.807) is 29.2 Å². The molecule has 1 fully saturated rings. The van der Waals surface area contributed by atoms with Gasteiger partial charge in [0.2, 0.25) is 0 Å². The number of hydrogen-bond donors (Lipinski definition) is 0. The lowest BCUT2D eigenvalue weighted by molar-refractivity contribution is 0.0975. The number of carbonyl (C=O) groups is 1. The predicted molar refractivity (Wildman–Crippen MR) is 115 cm³/mol. The minimum absolute atomic E-state index is 0.151. The molecule has 3 aromatic rings. The first-order valence-electron chi connectivity index (χ1n) is 10.1. The number of nitriles is 1. The maximum absolute atomic E-state index is 12.6. The maximum atomic E-state index is 12.6. The van der Waals surface area contributed by atoms with Gasteiger partial charge in [0.1, 0.15) is 5.75 Å². The summed E-state index contributed by atoms with van der Waals surface area (Å²) in [4.78, 5) is 16.7. The van der Waals surface area contributed by atoms with Crippen molar-refractivity contribution in [3.8, 4) is 11.8 Å². The van der Waals surface area contributed by atoms with Crippen LogP contribution >= 0.6 is 0 Å². The highest BCUT2D eigenvalue weighted by atomic mass is 16.6. The molecule has 3 aromatic carbocycles. The topological polar surface area (TPSA) is 56.6 Å². The first-order valence-corrected chi connectivity index (χ1v) is 10.1. The minimum atomic E-state index is -0.374. The Morgan fingerprint density at radius 3 is 2.00 bits per heavy atom. The van der Waals surface area contributed by atoms with Crippen LogP contribution in [0.2, 0.25) is 0 Å². The molecule has 0 saturated carbocycles. The molecule has 30 heavy (non-hydrogen) atoms. The lowest BCUT2D eigenvalue weighted by Crippen LogP contribution is -2.50. The van der Waals surface area contributed by atoms with Gasteiger partial charge < -0.3 is 9.64 Å². The summed E-state index contributed by atoms with van der Waals surface area (Å²) in [6.07, 6.45) is -0.374. The first kappa shape index (κ1) is 19.7. The van der Waals surface area contributed by atoms with Crippen molar-refractivity contribution in [2.75, 3.05) is 26.2 Å². The van der Waals surface area contributed by atoms with Crippen LogP contribution in [-0.4, -0.2) is 42.1 Å². The number of hydrogen-bond acceptors (Lipinski definition) is 4. The van der Waals surface area contributed by atoms with Crippen LogP contribution < -0.4 is 4.74 Å². The molecule has 0 atom stereocenters. The van der Waals surface area contributed by atoms with Crippen LogP contribution in [0.25, 0.3) is 0 Å². The zero-order valence-corrected chi connectivity index (χ0v) is 16.6. The van der Waals surface area contributed by atoms with E-state index < -0.39 is 0 Å². The summed E-state index contributed by atoms with van der Waals surface area (Å²) in [7, 11) is 0. The second kappa shape index (κ2) is 9.25. The van der Waals surface area contributed by atoms with Crippen LogP contribution in [0.4, 0.5) is 4.79 Å². The van der Waals surface area contributed by atoms with Crippen LogP contribution in [0.1, 0.15) is 22.7 Å². The molecule has 1 heterocycles. The third-order valence-corrected chi connectivity index (χ3v) is 5.34. The van der Waals surface area contributed by atoms with Gasteiger partial charge in [-0.2, -0.15) is 5.26 Å². The lowest BCUT2D eigenvalue weighted by atomic mass is 9.96. The van der Waals surface area contributed by atoms with Gasteiger partial charge in [0.25, 0.3) is 0 Å². The van der Waals surface area contributed by atoms with E-state index in [0.29, 0.717) is 24.4 Å². The molecule has 0 N–H and O–H groups in total. The number of ether oxygens (including phenoxy) is 1. The van der Waals surface area contributed by atoms with Crippen LogP contribution in [0, 0.1) is 11.3 Å². The third kappa shape index (κ3) is 4.51. The molecule has 5 nitrogen and oxygen atoms in total. The van der Waals surface area contributed by atoms with Crippen molar-refractivity contribution in [3.05, 3.63) is 102 Å². The molecule has 1 aliphatic heterocycles. The normalized spacial score (nSPS) is 14.3. The average Bonchev–Trinajstić information content (AvgIpc) is 2.81. The molecule has 0 aromatic heterocycles. The van der Waals surface area contributed by atoms with E-state index in [9.17, 15) is 4.79 Å². The predicted octanol–water partition coefficient (Wildman–Crippen LogP) is 4.46. The standard InChI is InChI=1S/C25H23N3O2/c26-19-20-8-7-13-23(18-20)30-25(29)28-16-14-27(15-17-28)24(21-9-3-1-4-10-21)22-11-5-2-6-12-22/h1-13,18,24H,14-17H2. The molecule has 150 valence electrons. The second-order valence-electron chi connectivity index (χ2n) is 7.25. The molecule has 1 aliphatic rings. The van der Waals surface area contributed by atoms with E-state index in [4.69, 9.17) is 10.00 Å². The maximum Gasteiger partial charge on any atom is 0.415 e. The van der Waals surface area contributed by atoms with E-state index in [1.807, 2.05) is 12.1 Å². The number of piperazine rings is 1. The molecule has 1 amide bonds. The summed E-state index contributed by atoms with van der Waals surface area (Å²) < 4.78 is 5.48. The Labute approximate surface area is 176 Å². The molecule has 4 rings (SSSR count). The molecule has 0 unspecified atom stereocenters. The van der Waals surface area contributed by atoms with Crippen molar-refractivity contribution in [2.24, 2.45) is 0 Å². The smallest absolute Gasteiger partial charge is 0.410 e. The number of amides is 1. The van der Waals surface area contributed by atoms with Crippen LogP contribution in [-0.2, 0) is 0 Å². The highest BCUT2D eigenvalue weighted by Crippen LogP contribution is 2.29. The Hall–Kier alpha value is -3.62. The number of rotatable bonds is 4. The summed E-state index contributed by atoms with van der Waals surface area (Å²) in [5.74, 6) is 0.396. The Kier molecular flexibility index (Phi) is 6.07. The van der Waals surface area contributed by atoms with Gasteiger partial charge >= 0.3 is 6.09 Å². The summed E-state index contributed by atoms with van der Waals surface area (Å²) in [5.41, 5.74) is 2.96. The van der Waals surface area contributed by atoms with E-state index >= 15 is 0 Å². The molecular weight excluding hydrogens is 374 g/mol. The molecule has 0 radical (unpaired) electrons. The van der Waals surface area contributed by atoms with E-state index in [0.717, 1.165) is 13.1 Å². The summed E-state index contributed by atoms with van der Waals surface area (Å²) in [6.45, 7) is 2.68. The highest BCUT2D eigenvalue weighted by Gasteiger charge is 2.28. The third-order valence-electron chi connectivity index (χ3n) is 5.34. The fourth-order valence-electron chi connectivity index (χ4n) is 3.84. The molecule has 0 bridgehead atoms. The second-order valence-corrected chi connectivity index (χ2v) is 7.25. The summed E-state index contributed by atoms with van der Waals surface area (Å²) in [6, 6.07) is 29.8. The van der Waals surface area contributed by atoms with Gasteiger partial charge in [-0.25, -0.2) is 4.79 Å². The Balaban J connectivity index is 1.44. The van der Waals surface area contributed by atoms with Crippen molar-refractivity contribution in [1.82, 2.24) is 9.80 Å². The molecule has 1 saturated heterocycles. The van der Waals surface area contributed by atoms with Crippen LogP contribution in [0.5, 0.6) is 5.75 Å². The number of carbonyl (C=O) groups excluding carboxylic acids is 1. The quantitative estimate of drug-likeness (QED) is 0.652. The average molecular weight is 397 g/mol. The van der Waals surface area contributed by atoms with E-state index in [2.05, 4.69) is 59.5 Å². The molecule has 0 aliphatic carbocycles.